The predicted octanol–water partition coefficient (Wildman–Crippen LogP) is 3.56. The fourth-order valence-electron chi connectivity index (χ4n) is 2.00. The molecule has 0 unspecified atom stereocenters. The van der Waals surface area contributed by atoms with Crippen molar-refractivity contribution in [1.82, 2.24) is 4.98 Å². The summed E-state index contributed by atoms with van der Waals surface area (Å²) in [6, 6.07) is 3.67. The number of pyridine rings is 1. The van der Waals surface area contributed by atoms with Gasteiger partial charge in [-0.15, -0.1) is 0 Å². The number of anilines is 1. The van der Waals surface area contributed by atoms with Gasteiger partial charge >= 0.3 is 0 Å². The molecule has 17 heavy (non-hydrogen) atoms. The molecular weight excluding hydrogens is 236 g/mol. The van der Waals surface area contributed by atoms with E-state index >= 15 is 0 Å². The Morgan fingerprint density at radius 1 is 1.29 bits per heavy atom. The summed E-state index contributed by atoms with van der Waals surface area (Å²) in [5.74, 6) is 0.782. The molecule has 1 heterocycles. The minimum Gasteiger partial charge on any atom is -0.496 e. The van der Waals surface area contributed by atoms with Crippen LogP contribution in [0.4, 0.5) is 5.69 Å². The second kappa shape index (κ2) is 4.41. The third-order valence-corrected chi connectivity index (χ3v) is 3.31. The van der Waals surface area contributed by atoms with E-state index in [1.54, 1.807) is 7.11 Å². The number of hydrogen-bond donors (Lipinski definition) is 1. The Bertz CT molecular complexity index is 581. The smallest absolute Gasteiger partial charge is 0.130 e. The molecular formula is C13H15ClN2O. The number of rotatable bonds is 2. The first-order chi connectivity index (χ1) is 8.10. The monoisotopic (exact) mass is 250 g/mol. The molecule has 3 nitrogen and oxygen atoms in total. The molecule has 0 saturated heterocycles. The van der Waals surface area contributed by atoms with Gasteiger partial charge in [-0.25, -0.2) is 0 Å². The molecule has 0 bridgehead atoms. The molecule has 2 rings (SSSR count). The molecule has 0 fully saturated rings. The third kappa shape index (κ3) is 1.80. The van der Waals surface area contributed by atoms with Crippen LogP contribution in [0.2, 0.25) is 5.02 Å². The molecule has 0 aliphatic rings. The zero-order valence-electron chi connectivity index (χ0n) is 10.4. The summed E-state index contributed by atoms with van der Waals surface area (Å²) in [4.78, 5) is 4.54. The number of fused-ring (bicyclic) bond motifs is 1. The van der Waals surface area contributed by atoms with E-state index in [2.05, 4.69) is 10.3 Å². The minimum absolute atomic E-state index is 0.639. The highest BCUT2D eigenvalue weighted by Crippen LogP contribution is 2.37. The molecule has 0 aliphatic heterocycles. The van der Waals surface area contributed by atoms with Gasteiger partial charge in [0.15, 0.2) is 0 Å². The summed E-state index contributed by atoms with van der Waals surface area (Å²) in [6.07, 6.45) is 0. The van der Waals surface area contributed by atoms with Crippen molar-refractivity contribution in [2.45, 2.75) is 13.8 Å². The van der Waals surface area contributed by atoms with Crippen molar-refractivity contribution in [3.63, 3.8) is 0 Å². The molecule has 1 aromatic heterocycles. The summed E-state index contributed by atoms with van der Waals surface area (Å²) in [7, 11) is 3.54. The molecule has 0 saturated carbocycles. The highest BCUT2D eigenvalue weighted by Gasteiger charge is 2.14. The summed E-state index contributed by atoms with van der Waals surface area (Å²) in [5, 5.41) is 4.78. The molecule has 1 N–H and O–H groups in total. The van der Waals surface area contributed by atoms with Gasteiger partial charge in [-0.2, -0.15) is 0 Å². The molecule has 1 aromatic carbocycles. The summed E-state index contributed by atoms with van der Waals surface area (Å²) < 4.78 is 5.38. The summed E-state index contributed by atoms with van der Waals surface area (Å²) in [6.45, 7) is 4.01. The van der Waals surface area contributed by atoms with Crippen LogP contribution in [-0.4, -0.2) is 19.1 Å². The summed E-state index contributed by atoms with van der Waals surface area (Å²) in [5.41, 5.74) is 3.88. The number of nitrogens with zero attached hydrogens (tertiary/aromatic N) is 1. The number of aryl methyl sites for hydroxylation is 1. The second-order valence-corrected chi connectivity index (χ2v) is 4.33. The first kappa shape index (κ1) is 12.0. The van der Waals surface area contributed by atoms with Crippen LogP contribution < -0.4 is 10.1 Å². The number of methoxy groups -OCH3 is 1. The lowest BCUT2D eigenvalue weighted by Crippen LogP contribution is -2.00. The van der Waals surface area contributed by atoms with Gasteiger partial charge in [0.2, 0.25) is 0 Å². The van der Waals surface area contributed by atoms with Gasteiger partial charge in [0.25, 0.3) is 0 Å². The molecule has 0 radical (unpaired) electrons. The normalized spacial score (nSPS) is 10.6. The van der Waals surface area contributed by atoms with Crippen molar-refractivity contribution in [3.8, 4) is 5.75 Å². The lowest BCUT2D eigenvalue weighted by molar-refractivity contribution is 0.420. The fourth-order valence-corrected chi connectivity index (χ4v) is 2.20. The number of benzene rings is 1. The zero-order chi connectivity index (χ0) is 12.6. The van der Waals surface area contributed by atoms with Crippen molar-refractivity contribution in [2.24, 2.45) is 0 Å². The number of nitrogens with one attached hydrogen (secondary N) is 1. The Morgan fingerprint density at radius 3 is 2.59 bits per heavy atom. The Kier molecular flexibility index (Phi) is 3.11. The van der Waals surface area contributed by atoms with Crippen molar-refractivity contribution < 1.29 is 4.74 Å². The van der Waals surface area contributed by atoms with Crippen LogP contribution in [0.15, 0.2) is 12.1 Å². The quantitative estimate of drug-likeness (QED) is 0.885. The van der Waals surface area contributed by atoms with Crippen LogP contribution in [0, 0.1) is 13.8 Å². The van der Waals surface area contributed by atoms with E-state index in [4.69, 9.17) is 16.3 Å². The van der Waals surface area contributed by atoms with Crippen LogP contribution in [0.1, 0.15) is 11.3 Å². The van der Waals surface area contributed by atoms with E-state index in [9.17, 15) is 0 Å². The Hall–Kier alpha value is -1.48. The highest BCUT2D eigenvalue weighted by molar-refractivity contribution is 6.35. The minimum atomic E-state index is 0.639. The first-order valence-electron chi connectivity index (χ1n) is 5.41. The van der Waals surface area contributed by atoms with Gasteiger partial charge in [-0.3, -0.25) is 4.98 Å². The van der Waals surface area contributed by atoms with Crippen molar-refractivity contribution >= 4 is 28.2 Å². The maximum atomic E-state index is 6.19. The molecule has 0 spiro atoms. The molecule has 90 valence electrons. The first-order valence-corrected chi connectivity index (χ1v) is 5.79. The van der Waals surface area contributed by atoms with Crippen LogP contribution >= 0.6 is 11.6 Å². The fraction of sp³-hybridized carbons (Fsp3) is 0.308. The van der Waals surface area contributed by atoms with Crippen LogP contribution in [-0.2, 0) is 0 Å². The van der Waals surface area contributed by atoms with Crippen molar-refractivity contribution in [1.29, 1.82) is 0 Å². The van der Waals surface area contributed by atoms with E-state index in [0.717, 1.165) is 33.6 Å². The number of hydrogen-bond acceptors (Lipinski definition) is 3. The van der Waals surface area contributed by atoms with Gasteiger partial charge in [0, 0.05) is 12.7 Å². The lowest BCUT2D eigenvalue weighted by Gasteiger charge is -2.15. The van der Waals surface area contributed by atoms with Crippen molar-refractivity contribution in [2.75, 3.05) is 19.5 Å². The highest BCUT2D eigenvalue weighted by atomic mass is 35.5. The Labute approximate surface area is 106 Å². The van der Waals surface area contributed by atoms with Gasteiger partial charge in [-0.05, 0) is 31.5 Å². The van der Waals surface area contributed by atoms with Crippen LogP contribution in [0.5, 0.6) is 5.75 Å². The average Bonchev–Trinajstić information content (AvgIpc) is 2.33. The van der Waals surface area contributed by atoms with Gasteiger partial charge < -0.3 is 10.1 Å². The Balaban J connectivity index is 2.99. The number of ether oxygens (including phenoxy) is 1. The zero-order valence-corrected chi connectivity index (χ0v) is 11.1. The predicted molar refractivity (Wildman–Crippen MR) is 72.3 cm³/mol. The molecule has 0 amide bonds. The summed E-state index contributed by atoms with van der Waals surface area (Å²) >= 11 is 6.19. The standard InChI is InChI=1S/C13H15ClN2O/c1-7-8(2)16-13-9(14)5-6-10(17-4)11(13)12(7)15-3/h5-6H,1-4H3,(H,15,16). The average molecular weight is 251 g/mol. The largest absolute Gasteiger partial charge is 0.496 e. The van der Waals surface area contributed by atoms with E-state index in [1.165, 1.54) is 0 Å². The molecule has 2 aromatic rings. The third-order valence-electron chi connectivity index (χ3n) is 3.01. The number of aromatic nitrogens is 1. The van der Waals surface area contributed by atoms with E-state index in [1.807, 2.05) is 33.0 Å². The van der Waals surface area contributed by atoms with E-state index < -0.39 is 0 Å². The van der Waals surface area contributed by atoms with Crippen LogP contribution in [0.25, 0.3) is 10.9 Å². The van der Waals surface area contributed by atoms with Gasteiger partial charge in [0.1, 0.15) is 5.75 Å². The van der Waals surface area contributed by atoms with E-state index in [0.29, 0.717) is 5.02 Å². The second-order valence-electron chi connectivity index (χ2n) is 3.92. The SMILES string of the molecule is CNc1c(C)c(C)nc2c(Cl)ccc(OC)c12. The maximum absolute atomic E-state index is 6.19. The van der Waals surface area contributed by atoms with Crippen LogP contribution in [0.3, 0.4) is 0 Å². The maximum Gasteiger partial charge on any atom is 0.130 e. The topological polar surface area (TPSA) is 34.2 Å². The van der Waals surface area contributed by atoms with Gasteiger partial charge in [-0.1, -0.05) is 11.6 Å². The molecule has 0 atom stereocenters. The lowest BCUT2D eigenvalue weighted by atomic mass is 10.1. The molecule has 4 heteroatoms. The number of halogens is 1. The van der Waals surface area contributed by atoms with Gasteiger partial charge in [0.05, 0.1) is 28.7 Å². The van der Waals surface area contributed by atoms with E-state index in [-0.39, 0.29) is 0 Å². The Morgan fingerprint density at radius 2 is 2.00 bits per heavy atom. The van der Waals surface area contributed by atoms with Crippen molar-refractivity contribution in [3.05, 3.63) is 28.4 Å². The molecule has 0 aliphatic carbocycles.